The second-order valence-corrected chi connectivity index (χ2v) is 13.9. The van der Waals surface area contributed by atoms with E-state index in [0.717, 1.165) is 27.2 Å². The van der Waals surface area contributed by atoms with Crippen molar-refractivity contribution in [1.82, 2.24) is 9.78 Å². The van der Waals surface area contributed by atoms with E-state index in [1.807, 2.05) is 60.9 Å². The SMILES string of the molecule is Cc1cc(-c2ccccc2)cc(C)[n+]1CC(=O)Nc1ccc(S(=O)(=O)/N=c2/sc(S(N)(=O)=O)nn2C)cc1.[O-][Cl+3]([O-])([O-])[O-]. The van der Waals surface area contributed by atoms with E-state index >= 15 is 0 Å². The van der Waals surface area contributed by atoms with E-state index in [4.69, 9.17) is 23.8 Å². The van der Waals surface area contributed by atoms with Gasteiger partial charge in [0.2, 0.25) is 15.7 Å². The van der Waals surface area contributed by atoms with Crippen LogP contribution in [0.3, 0.4) is 0 Å². The number of aromatic nitrogens is 3. The van der Waals surface area contributed by atoms with E-state index in [0.29, 0.717) is 17.0 Å². The zero-order valence-corrected chi connectivity index (χ0v) is 25.9. The topological polar surface area (TPSA) is 250 Å². The van der Waals surface area contributed by atoms with Crippen molar-refractivity contribution >= 4 is 43.0 Å². The fourth-order valence-electron chi connectivity index (χ4n) is 3.70. The van der Waals surface area contributed by atoms with E-state index in [2.05, 4.69) is 14.8 Å². The number of nitrogens with zero attached hydrogens (tertiary/aromatic N) is 4. The van der Waals surface area contributed by atoms with Crippen LogP contribution in [0.25, 0.3) is 11.1 Å². The Balaban J connectivity index is 0.000000934. The predicted molar refractivity (Wildman–Crippen MR) is 142 cm³/mol. The summed E-state index contributed by atoms with van der Waals surface area (Å²) in [5, 5.41) is 11.5. The Labute approximate surface area is 252 Å². The molecule has 0 radical (unpaired) electrons. The molecule has 2 heterocycles. The highest BCUT2D eigenvalue weighted by Crippen LogP contribution is 2.20. The Morgan fingerprint density at radius 2 is 1.51 bits per heavy atom. The molecule has 43 heavy (non-hydrogen) atoms. The number of halogens is 1. The Hall–Kier alpha value is -3.59. The molecule has 0 spiro atoms. The molecule has 4 aromatic rings. The maximum atomic E-state index is 12.7. The highest BCUT2D eigenvalue weighted by Gasteiger charge is 2.20. The average molecular weight is 673 g/mol. The van der Waals surface area contributed by atoms with Gasteiger partial charge in [-0.2, -0.15) is 13.0 Å². The lowest BCUT2D eigenvalue weighted by Gasteiger charge is -2.17. The number of amides is 1. The molecule has 2 aromatic carbocycles. The predicted octanol–water partition coefficient (Wildman–Crippen LogP) is -3.13. The number of anilines is 1. The van der Waals surface area contributed by atoms with Crippen LogP contribution in [0.15, 0.2) is 80.4 Å². The number of carbonyl (C=O) groups excluding carboxylic acids is 1. The first kappa shape index (κ1) is 33.9. The summed E-state index contributed by atoms with van der Waals surface area (Å²) in [7, 11) is -11.9. The molecule has 0 unspecified atom stereocenters. The van der Waals surface area contributed by atoms with Gasteiger partial charge in [-0.3, -0.25) is 4.79 Å². The van der Waals surface area contributed by atoms with Crippen LogP contribution >= 0.6 is 11.3 Å². The van der Waals surface area contributed by atoms with E-state index in [1.165, 1.54) is 31.3 Å². The molecule has 1 amide bonds. The summed E-state index contributed by atoms with van der Waals surface area (Å²) >= 11 is 0.536. The van der Waals surface area contributed by atoms with Crippen molar-refractivity contribution in [2.75, 3.05) is 5.32 Å². The summed E-state index contributed by atoms with van der Waals surface area (Å²) in [4.78, 5) is 12.4. The lowest BCUT2D eigenvalue weighted by Crippen LogP contribution is -2.68. The minimum atomic E-state index is -4.94. The normalized spacial score (nSPS) is 12.4. The Morgan fingerprint density at radius 3 is 2.00 bits per heavy atom. The van der Waals surface area contributed by atoms with Gasteiger partial charge in [0.15, 0.2) is 11.4 Å². The van der Waals surface area contributed by atoms with Crippen LogP contribution in [0.1, 0.15) is 11.4 Å². The van der Waals surface area contributed by atoms with Crippen molar-refractivity contribution in [2.24, 2.45) is 16.6 Å². The number of sulfonamides is 2. The van der Waals surface area contributed by atoms with Gasteiger partial charge in [0.25, 0.3) is 26.0 Å². The van der Waals surface area contributed by atoms with Crippen LogP contribution in [0.4, 0.5) is 5.69 Å². The number of hydrogen-bond acceptors (Lipinski definition) is 11. The van der Waals surface area contributed by atoms with Crippen molar-refractivity contribution in [3.63, 3.8) is 0 Å². The quantitative estimate of drug-likeness (QED) is 0.187. The molecular formula is C24H25ClN6O9S3. The summed E-state index contributed by atoms with van der Waals surface area (Å²) < 4.78 is 88.5. The third-order valence-electron chi connectivity index (χ3n) is 5.55. The molecule has 0 saturated carbocycles. The second-order valence-electron chi connectivity index (χ2n) is 8.81. The number of hydrogen-bond donors (Lipinski definition) is 2. The number of carbonyl (C=O) groups is 1. The van der Waals surface area contributed by atoms with Gasteiger partial charge in [-0.15, -0.1) is 19.7 Å². The number of primary sulfonamides is 1. The number of nitrogens with two attached hydrogens (primary N) is 1. The van der Waals surface area contributed by atoms with Gasteiger partial charge in [0.1, 0.15) is 0 Å². The van der Waals surface area contributed by atoms with Gasteiger partial charge in [-0.05, 0) is 35.4 Å². The Kier molecular flexibility index (Phi) is 10.5. The van der Waals surface area contributed by atoms with Crippen molar-refractivity contribution in [1.29, 1.82) is 0 Å². The number of nitrogens with one attached hydrogen (secondary N) is 1. The first-order chi connectivity index (χ1) is 19.8. The molecule has 4 rings (SSSR count). The number of aryl methyl sites for hydroxylation is 3. The summed E-state index contributed by atoms with van der Waals surface area (Å²) in [5.74, 6) is -0.277. The molecule has 3 N–H and O–H groups in total. The molecule has 0 bridgehead atoms. The fourth-order valence-corrected chi connectivity index (χ4v) is 6.47. The first-order valence-electron chi connectivity index (χ1n) is 11.8. The third kappa shape index (κ3) is 9.99. The summed E-state index contributed by atoms with van der Waals surface area (Å²) in [6, 6.07) is 19.5. The smallest absolute Gasteiger partial charge is 0.290 e. The monoisotopic (exact) mass is 672 g/mol. The zero-order valence-electron chi connectivity index (χ0n) is 22.7. The van der Waals surface area contributed by atoms with Crippen LogP contribution in [0.2, 0.25) is 0 Å². The Bertz CT molecular complexity index is 1880. The third-order valence-corrected chi connectivity index (χ3v) is 9.26. The summed E-state index contributed by atoms with van der Waals surface area (Å²) in [5.41, 5.74) is 4.40. The highest BCUT2D eigenvalue weighted by atomic mass is 35.7. The minimum absolute atomic E-state index is 0.0797. The molecule has 0 aliphatic carbocycles. The molecule has 2 aromatic heterocycles. The van der Waals surface area contributed by atoms with E-state index in [9.17, 15) is 21.6 Å². The van der Waals surface area contributed by atoms with Gasteiger partial charge in [0, 0.05) is 38.7 Å². The summed E-state index contributed by atoms with van der Waals surface area (Å²) in [6.07, 6.45) is 0. The molecule has 0 saturated heterocycles. The molecule has 0 aliphatic heterocycles. The maximum Gasteiger partial charge on any atom is 0.290 e. The van der Waals surface area contributed by atoms with Gasteiger partial charge >= 0.3 is 0 Å². The van der Waals surface area contributed by atoms with Crippen LogP contribution < -0.4 is 38.5 Å². The number of benzene rings is 2. The largest absolute Gasteiger partial charge is 0.321 e. The molecule has 0 aliphatic rings. The van der Waals surface area contributed by atoms with E-state index in [-0.39, 0.29) is 22.1 Å². The molecule has 230 valence electrons. The fraction of sp³-hybridized carbons (Fsp3) is 0.167. The molecule has 19 heteroatoms. The lowest BCUT2D eigenvalue weighted by molar-refractivity contribution is -2.00. The molecule has 15 nitrogen and oxygen atoms in total. The van der Waals surface area contributed by atoms with Crippen LogP contribution in [-0.4, -0.2) is 32.5 Å². The average Bonchev–Trinajstić information content (AvgIpc) is 3.26. The minimum Gasteiger partial charge on any atom is -0.321 e. The standard InChI is InChI=1S/C24H24N6O5S3.ClHO4/c1-16-13-19(18-7-5-4-6-8-18)14-17(2)30(16)15-22(31)26-20-9-11-21(12-10-20)38(34,35)28-23-29(3)27-24(36-23)37(25,32)33;2-1(3,4)5/h4-14H,15H2,1-3H3,(H2-,25,26,31,32,33);(H,2,3,4,5)/b28-23+;. The van der Waals surface area contributed by atoms with Crippen LogP contribution in [0, 0.1) is 24.1 Å². The van der Waals surface area contributed by atoms with Crippen molar-refractivity contribution in [3.05, 3.63) is 82.9 Å². The zero-order chi connectivity index (χ0) is 32.2. The maximum absolute atomic E-state index is 12.7. The van der Waals surface area contributed by atoms with Gasteiger partial charge in [-0.25, -0.2) is 36.9 Å². The van der Waals surface area contributed by atoms with Gasteiger partial charge in [0.05, 0.1) is 4.90 Å². The van der Waals surface area contributed by atoms with Crippen molar-refractivity contribution in [3.8, 4) is 11.1 Å². The lowest BCUT2D eigenvalue weighted by atomic mass is 10.0. The van der Waals surface area contributed by atoms with Gasteiger partial charge < -0.3 is 5.32 Å². The van der Waals surface area contributed by atoms with Gasteiger partial charge in [-0.1, -0.05) is 41.7 Å². The molecular weight excluding hydrogens is 648 g/mol. The van der Waals surface area contributed by atoms with E-state index < -0.39 is 34.6 Å². The van der Waals surface area contributed by atoms with Crippen molar-refractivity contribution in [2.45, 2.75) is 29.6 Å². The van der Waals surface area contributed by atoms with Crippen LogP contribution in [-0.2, 0) is 38.4 Å². The second kappa shape index (κ2) is 13.4. The number of rotatable bonds is 7. The Morgan fingerprint density at radius 1 is 0.977 bits per heavy atom. The number of pyridine rings is 1. The molecule has 0 fully saturated rings. The first-order valence-corrected chi connectivity index (χ1v) is 16.8. The highest BCUT2D eigenvalue weighted by molar-refractivity contribution is 7.91. The van der Waals surface area contributed by atoms with E-state index in [1.54, 1.807) is 0 Å². The molecule has 0 atom stereocenters. The van der Waals surface area contributed by atoms with Crippen LogP contribution in [0.5, 0.6) is 0 Å². The summed E-state index contributed by atoms with van der Waals surface area (Å²) in [6.45, 7) is 3.95. The van der Waals surface area contributed by atoms with Crippen molar-refractivity contribution < 1.29 is 55.1 Å².